The van der Waals surface area contributed by atoms with E-state index in [0.29, 0.717) is 17.6 Å². The number of benzene rings is 1. The van der Waals surface area contributed by atoms with Crippen LogP contribution in [0.3, 0.4) is 0 Å². The van der Waals surface area contributed by atoms with Gasteiger partial charge in [-0.05, 0) is 56.2 Å². The first-order valence-corrected chi connectivity index (χ1v) is 8.24. The van der Waals surface area contributed by atoms with Gasteiger partial charge in [0.05, 0.1) is 17.7 Å². The van der Waals surface area contributed by atoms with E-state index in [1.165, 1.54) is 0 Å². The Morgan fingerprint density at radius 1 is 1.21 bits per heavy atom. The Kier molecular flexibility index (Phi) is 3.37. The molecule has 0 bridgehead atoms. The zero-order valence-corrected chi connectivity index (χ0v) is 13.8. The Labute approximate surface area is 139 Å². The lowest BCUT2D eigenvalue weighted by atomic mass is 10.1. The Hall–Kier alpha value is -2.69. The van der Waals surface area contributed by atoms with Gasteiger partial charge in [0.1, 0.15) is 11.6 Å². The van der Waals surface area contributed by atoms with Gasteiger partial charge in [-0.2, -0.15) is 0 Å². The molecule has 2 heterocycles. The molecule has 5 heteroatoms. The lowest BCUT2D eigenvalue weighted by molar-refractivity contribution is 0.340. The molecule has 0 atom stereocenters. The van der Waals surface area contributed by atoms with Gasteiger partial charge >= 0.3 is 0 Å². The SMILES string of the molecule is CCOc1ccc(-n2c(C3(C)CC3)nc3ncccc3c2=O)cc1. The van der Waals surface area contributed by atoms with Crippen LogP contribution in [0.4, 0.5) is 0 Å². The molecule has 0 aliphatic heterocycles. The van der Waals surface area contributed by atoms with Gasteiger partial charge in [-0.15, -0.1) is 0 Å². The first-order chi connectivity index (χ1) is 11.6. The van der Waals surface area contributed by atoms with Gasteiger partial charge in [-0.3, -0.25) is 9.36 Å². The number of pyridine rings is 1. The summed E-state index contributed by atoms with van der Waals surface area (Å²) in [6.45, 7) is 4.71. The van der Waals surface area contributed by atoms with Gasteiger partial charge in [-0.1, -0.05) is 6.92 Å². The smallest absolute Gasteiger partial charge is 0.267 e. The van der Waals surface area contributed by atoms with Crippen molar-refractivity contribution in [3.8, 4) is 11.4 Å². The number of hydrogen-bond acceptors (Lipinski definition) is 4. The molecule has 5 nitrogen and oxygen atoms in total. The fourth-order valence-electron chi connectivity index (χ4n) is 2.93. The van der Waals surface area contributed by atoms with Gasteiger partial charge in [0, 0.05) is 11.6 Å². The van der Waals surface area contributed by atoms with E-state index in [2.05, 4.69) is 11.9 Å². The van der Waals surface area contributed by atoms with Crippen LogP contribution >= 0.6 is 0 Å². The summed E-state index contributed by atoms with van der Waals surface area (Å²) in [6, 6.07) is 11.1. The summed E-state index contributed by atoms with van der Waals surface area (Å²) in [5.74, 6) is 1.59. The van der Waals surface area contributed by atoms with E-state index in [1.54, 1.807) is 22.9 Å². The van der Waals surface area contributed by atoms with Crippen molar-refractivity contribution < 1.29 is 4.74 Å². The van der Waals surface area contributed by atoms with Crippen molar-refractivity contribution in [3.63, 3.8) is 0 Å². The second-order valence-corrected chi connectivity index (χ2v) is 6.44. The summed E-state index contributed by atoms with van der Waals surface area (Å²) in [6.07, 6.45) is 3.75. The number of aromatic nitrogens is 3. The molecule has 24 heavy (non-hydrogen) atoms. The minimum Gasteiger partial charge on any atom is -0.494 e. The summed E-state index contributed by atoms with van der Waals surface area (Å²) in [5, 5.41) is 0.541. The molecular formula is C19H19N3O2. The molecule has 1 aromatic carbocycles. The standard InChI is InChI=1S/C19H19N3O2/c1-3-24-14-8-6-13(7-9-14)22-17(23)15-5-4-12-20-16(15)21-18(22)19(2)10-11-19/h4-9,12H,3,10-11H2,1-2H3. The lowest BCUT2D eigenvalue weighted by Crippen LogP contribution is -2.27. The Balaban J connectivity index is 1.96. The maximum atomic E-state index is 13.1. The molecule has 1 saturated carbocycles. The van der Waals surface area contributed by atoms with Crippen molar-refractivity contribution >= 4 is 11.0 Å². The minimum atomic E-state index is -0.0691. The van der Waals surface area contributed by atoms with Crippen molar-refractivity contribution in [2.24, 2.45) is 0 Å². The highest BCUT2D eigenvalue weighted by Crippen LogP contribution is 2.47. The molecule has 3 aromatic rings. The van der Waals surface area contributed by atoms with Crippen LogP contribution in [-0.2, 0) is 5.41 Å². The van der Waals surface area contributed by atoms with E-state index in [0.717, 1.165) is 30.1 Å². The third kappa shape index (κ3) is 2.37. The average molecular weight is 321 g/mol. The van der Waals surface area contributed by atoms with E-state index in [1.807, 2.05) is 31.2 Å². The highest BCUT2D eigenvalue weighted by atomic mass is 16.5. The predicted molar refractivity (Wildman–Crippen MR) is 92.9 cm³/mol. The van der Waals surface area contributed by atoms with Crippen LogP contribution in [0.25, 0.3) is 16.7 Å². The third-order valence-electron chi connectivity index (χ3n) is 4.59. The molecule has 0 unspecified atom stereocenters. The normalized spacial score (nSPS) is 15.4. The second kappa shape index (κ2) is 5.44. The monoisotopic (exact) mass is 321 g/mol. The fraction of sp³-hybridized carbons (Fsp3) is 0.316. The molecule has 0 saturated heterocycles. The quantitative estimate of drug-likeness (QED) is 0.740. The summed E-state index contributed by atoms with van der Waals surface area (Å²) < 4.78 is 7.22. The molecule has 4 rings (SSSR count). The maximum absolute atomic E-state index is 13.1. The number of fused-ring (bicyclic) bond motifs is 1. The number of ether oxygens (including phenoxy) is 1. The molecule has 1 aliphatic rings. The molecule has 0 N–H and O–H groups in total. The maximum Gasteiger partial charge on any atom is 0.267 e. The molecule has 1 aliphatic carbocycles. The van der Waals surface area contributed by atoms with Crippen molar-refractivity contribution in [1.82, 2.24) is 14.5 Å². The third-order valence-corrected chi connectivity index (χ3v) is 4.59. The first kappa shape index (κ1) is 14.9. The van der Waals surface area contributed by atoms with Gasteiger partial charge in [-0.25, -0.2) is 9.97 Å². The van der Waals surface area contributed by atoms with Crippen LogP contribution in [0.5, 0.6) is 5.75 Å². The summed E-state index contributed by atoms with van der Waals surface area (Å²) >= 11 is 0. The molecule has 0 amide bonds. The molecule has 1 fully saturated rings. The highest BCUT2D eigenvalue weighted by molar-refractivity contribution is 5.73. The van der Waals surface area contributed by atoms with Crippen LogP contribution in [0, 0.1) is 0 Å². The predicted octanol–water partition coefficient (Wildman–Crippen LogP) is 3.23. The Morgan fingerprint density at radius 2 is 1.96 bits per heavy atom. The van der Waals surface area contributed by atoms with E-state index < -0.39 is 0 Å². The minimum absolute atomic E-state index is 0.0521. The van der Waals surface area contributed by atoms with Crippen LogP contribution in [-0.4, -0.2) is 21.1 Å². The van der Waals surface area contributed by atoms with Gasteiger partial charge in [0.2, 0.25) is 0 Å². The molecule has 2 aromatic heterocycles. The molecular weight excluding hydrogens is 302 g/mol. The Bertz CT molecular complexity index is 957. The molecule has 0 radical (unpaired) electrons. The van der Waals surface area contributed by atoms with Crippen molar-refractivity contribution in [3.05, 3.63) is 58.8 Å². The largest absolute Gasteiger partial charge is 0.494 e. The van der Waals surface area contributed by atoms with E-state index in [-0.39, 0.29) is 11.0 Å². The second-order valence-electron chi connectivity index (χ2n) is 6.44. The van der Waals surface area contributed by atoms with Crippen LogP contribution < -0.4 is 10.3 Å². The zero-order valence-electron chi connectivity index (χ0n) is 13.8. The average Bonchev–Trinajstić information content (AvgIpc) is 3.35. The highest BCUT2D eigenvalue weighted by Gasteiger charge is 2.43. The molecule has 122 valence electrons. The lowest BCUT2D eigenvalue weighted by Gasteiger charge is -2.17. The first-order valence-electron chi connectivity index (χ1n) is 8.24. The van der Waals surface area contributed by atoms with Gasteiger partial charge in [0.25, 0.3) is 5.56 Å². The van der Waals surface area contributed by atoms with E-state index >= 15 is 0 Å². The number of nitrogens with zero attached hydrogens (tertiary/aromatic N) is 3. The number of hydrogen-bond donors (Lipinski definition) is 0. The Morgan fingerprint density at radius 3 is 2.62 bits per heavy atom. The zero-order chi connectivity index (χ0) is 16.7. The van der Waals surface area contributed by atoms with E-state index in [9.17, 15) is 4.79 Å². The van der Waals surface area contributed by atoms with Crippen molar-refractivity contribution in [1.29, 1.82) is 0 Å². The van der Waals surface area contributed by atoms with Gasteiger partial charge in [0.15, 0.2) is 5.65 Å². The van der Waals surface area contributed by atoms with Crippen molar-refractivity contribution in [2.75, 3.05) is 6.61 Å². The topological polar surface area (TPSA) is 57.0 Å². The van der Waals surface area contributed by atoms with E-state index in [4.69, 9.17) is 9.72 Å². The van der Waals surface area contributed by atoms with Crippen LogP contribution in [0.1, 0.15) is 32.5 Å². The summed E-state index contributed by atoms with van der Waals surface area (Å²) in [5.41, 5.74) is 1.21. The van der Waals surface area contributed by atoms with Crippen LogP contribution in [0.15, 0.2) is 47.4 Å². The fourth-order valence-corrected chi connectivity index (χ4v) is 2.93. The summed E-state index contributed by atoms with van der Waals surface area (Å²) in [7, 11) is 0. The molecule has 0 spiro atoms. The van der Waals surface area contributed by atoms with Crippen molar-refractivity contribution in [2.45, 2.75) is 32.1 Å². The van der Waals surface area contributed by atoms with Crippen LogP contribution in [0.2, 0.25) is 0 Å². The summed E-state index contributed by atoms with van der Waals surface area (Å²) in [4.78, 5) is 22.1. The van der Waals surface area contributed by atoms with Gasteiger partial charge < -0.3 is 4.74 Å². The number of rotatable bonds is 4.